The van der Waals surface area contributed by atoms with Crippen LogP contribution in [-0.2, 0) is 0 Å². The van der Waals surface area contributed by atoms with Gasteiger partial charge in [-0.15, -0.1) is 0 Å². The van der Waals surface area contributed by atoms with Crippen molar-refractivity contribution in [2.24, 2.45) is 0 Å². The number of phenols is 1. The third kappa shape index (κ3) is 2.67. The first-order valence-electron chi connectivity index (χ1n) is 4.75. The van der Waals surface area contributed by atoms with Gasteiger partial charge >= 0.3 is 5.82 Å². The Morgan fingerprint density at radius 2 is 2.12 bits per heavy atom. The van der Waals surface area contributed by atoms with Gasteiger partial charge in [0.05, 0.1) is 11.8 Å². The van der Waals surface area contributed by atoms with Crippen molar-refractivity contribution >= 4 is 28.0 Å². The van der Waals surface area contributed by atoms with Gasteiger partial charge in [-0.2, -0.15) is 0 Å². The first-order chi connectivity index (χ1) is 7.75. The van der Waals surface area contributed by atoms with Crippen LogP contribution in [0.1, 0.15) is 5.56 Å². The number of aromatic hydroxyl groups is 1. The highest BCUT2D eigenvalue weighted by molar-refractivity contribution is 9.10. The molecule has 2 aromatic rings. The van der Waals surface area contributed by atoms with Crippen molar-refractivity contribution in [1.82, 2.24) is 4.98 Å². The smallest absolute Gasteiger partial charge is 0.320 e. The number of hydrogen-bond donors (Lipinski definition) is 2. The summed E-state index contributed by atoms with van der Waals surface area (Å²) < 4.78 is 0.916. The van der Waals surface area contributed by atoms with Gasteiger partial charge in [0.2, 0.25) is 0 Å². The minimum atomic E-state index is 0.228. The minimum Gasteiger partial charge on any atom is -0.507 e. The molecule has 4 heteroatoms. The zero-order valence-electron chi connectivity index (χ0n) is 8.39. The summed E-state index contributed by atoms with van der Waals surface area (Å²) in [5.74, 6) is 0.966. The highest BCUT2D eigenvalue weighted by Crippen LogP contribution is 2.19. The second-order valence-corrected chi connectivity index (χ2v) is 4.12. The van der Waals surface area contributed by atoms with E-state index in [2.05, 4.69) is 25.9 Å². The summed E-state index contributed by atoms with van der Waals surface area (Å²) >= 11 is 3.35. The predicted molar refractivity (Wildman–Crippen MR) is 65.8 cm³/mol. The molecule has 0 aliphatic carbocycles. The molecule has 0 fully saturated rings. The molecule has 1 aromatic carbocycles. The molecule has 80 valence electrons. The van der Waals surface area contributed by atoms with Gasteiger partial charge in [0.1, 0.15) is 11.9 Å². The Labute approximate surface area is 102 Å². The molecule has 0 radical (unpaired) electrons. The first kappa shape index (κ1) is 10.8. The van der Waals surface area contributed by atoms with Gasteiger partial charge in [-0.25, -0.2) is 4.99 Å². The van der Waals surface area contributed by atoms with Crippen molar-refractivity contribution in [3.05, 3.63) is 52.6 Å². The second kappa shape index (κ2) is 4.90. The molecule has 0 aliphatic heterocycles. The van der Waals surface area contributed by atoms with E-state index in [0.29, 0.717) is 5.56 Å². The number of nitrogens with one attached hydrogen (secondary N) is 1. The zero-order valence-corrected chi connectivity index (χ0v) is 9.98. The largest absolute Gasteiger partial charge is 0.507 e. The van der Waals surface area contributed by atoms with E-state index < -0.39 is 0 Å². The number of hydrogen-bond acceptors (Lipinski definition) is 2. The van der Waals surface area contributed by atoms with E-state index in [1.807, 2.05) is 24.3 Å². The fraction of sp³-hybridized carbons (Fsp3) is 0. The number of rotatable bonds is 2. The van der Waals surface area contributed by atoms with Crippen molar-refractivity contribution in [3.63, 3.8) is 0 Å². The number of aromatic nitrogens is 1. The first-order valence-corrected chi connectivity index (χ1v) is 5.54. The Kier molecular flexibility index (Phi) is 3.31. The lowest BCUT2D eigenvalue weighted by atomic mass is 10.2. The molecule has 1 aromatic heterocycles. The molecule has 0 atom stereocenters. The van der Waals surface area contributed by atoms with Crippen LogP contribution < -0.4 is 4.99 Å². The SMILES string of the molecule is Oc1ccc(Br)cc1/C=[NH+]/c1ccccn1. The molecule has 1 heterocycles. The van der Waals surface area contributed by atoms with Crippen molar-refractivity contribution in [2.75, 3.05) is 0 Å². The summed E-state index contributed by atoms with van der Waals surface area (Å²) in [6.07, 6.45) is 3.42. The molecule has 0 spiro atoms. The highest BCUT2D eigenvalue weighted by Gasteiger charge is 2.01. The van der Waals surface area contributed by atoms with Crippen molar-refractivity contribution in [3.8, 4) is 5.75 Å². The molecule has 0 bridgehead atoms. The Hall–Kier alpha value is -1.68. The third-order valence-electron chi connectivity index (χ3n) is 2.03. The predicted octanol–water partition coefficient (Wildman–Crippen LogP) is 1.38. The maximum absolute atomic E-state index is 9.60. The zero-order chi connectivity index (χ0) is 11.4. The Balaban J connectivity index is 2.27. The lowest BCUT2D eigenvalue weighted by molar-refractivity contribution is -0.352. The maximum Gasteiger partial charge on any atom is 0.320 e. The van der Waals surface area contributed by atoms with E-state index >= 15 is 0 Å². The van der Waals surface area contributed by atoms with E-state index in [1.54, 1.807) is 24.5 Å². The standard InChI is InChI=1S/C12H9BrN2O/c13-10-4-5-11(16)9(7-10)8-15-12-3-1-2-6-14-12/h1-8,16H/p+1/b15-8+. The van der Waals surface area contributed by atoms with E-state index in [-0.39, 0.29) is 5.75 Å². The van der Waals surface area contributed by atoms with Crippen LogP contribution in [0.25, 0.3) is 0 Å². The Morgan fingerprint density at radius 3 is 2.88 bits per heavy atom. The molecule has 0 amide bonds. The van der Waals surface area contributed by atoms with Crippen LogP contribution >= 0.6 is 15.9 Å². The molecule has 0 unspecified atom stereocenters. The highest BCUT2D eigenvalue weighted by atomic mass is 79.9. The number of phenolic OH excluding ortho intramolecular Hbond substituents is 1. The monoisotopic (exact) mass is 277 g/mol. The molecule has 2 N–H and O–H groups in total. The van der Waals surface area contributed by atoms with Crippen LogP contribution in [0.15, 0.2) is 47.1 Å². The van der Waals surface area contributed by atoms with E-state index in [0.717, 1.165) is 10.3 Å². The minimum absolute atomic E-state index is 0.228. The summed E-state index contributed by atoms with van der Waals surface area (Å²) in [5.41, 5.74) is 0.708. The average Bonchev–Trinajstić information content (AvgIpc) is 2.32. The number of nitrogens with zero attached hydrogens (tertiary/aromatic N) is 1. The van der Waals surface area contributed by atoms with Crippen molar-refractivity contribution in [1.29, 1.82) is 0 Å². The van der Waals surface area contributed by atoms with Crippen molar-refractivity contribution < 1.29 is 10.1 Å². The van der Waals surface area contributed by atoms with Gasteiger partial charge in [0, 0.05) is 10.5 Å². The fourth-order valence-electron chi connectivity index (χ4n) is 1.24. The van der Waals surface area contributed by atoms with Crippen LogP contribution in [0.2, 0.25) is 0 Å². The lowest BCUT2D eigenvalue weighted by Gasteiger charge is -1.96. The van der Waals surface area contributed by atoms with E-state index in [4.69, 9.17) is 0 Å². The quantitative estimate of drug-likeness (QED) is 0.815. The molecule has 3 nitrogen and oxygen atoms in total. The van der Waals surface area contributed by atoms with Gasteiger partial charge in [0.25, 0.3) is 0 Å². The Morgan fingerprint density at radius 1 is 1.25 bits per heavy atom. The summed E-state index contributed by atoms with van der Waals surface area (Å²) in [6.45, 7) is 0. The summed E-state index contributed by atoms with van der Waals surface area (Å²) in [5, 5.41) is 9.60. The lowest BCUT2D eigenvalue weighted by Crippen LogP contribution is -2.62. The molecular formula is C12H10BrN2O+. The van der Waals surface area contributed by atoms with Gasteiger partial charge < -0.3 is 5.11 Å². The van der Waals surface area contributed by atoms with Crippen LogP contribution in [0.4, 0.5) is 5.82 Å². The van der Waals surface area contributed by atoms with Gasteiger partial charge in [0.15, 0.2) is 0 Å². The molecule has 0 saturated carbocycles. The van der Waals surface area contributed by atoms with Gasteiger partial charge in [-0.05, 0) is 24.3 Å². The van der Waals surface area contributed by atoms with Gasteiger partial charge in [-0.3, -0.25) is 0 Å². The topological polar surface area (TPSA) is 47.1 Å². The second-order valence-electron chi connectivity index (χ2n) is 3.21. The van der Waals surface area contributed by atoms with Crippen molar-refractivity contribution in [2.45, 2.75) is 0 Å². The molecular weight excluding hydrogens is 268 g/mol. The summed E-state index contributed by atoms with van der Waals surface area (Å²) in [4.78, 5) is 7.12. The Bertz CT molecular complexity index is 512. The van der Waals surface area contributed by atoms with Crippen LogP contribution in [0, 0.1) is 0 Å². The normalized spacial score (nSPS) is 10.8. The maximum atomic E-state index is 9.60. The summed E-state index contributed by atoms with van der Waals surface area (Å²) in [7, 11) is 0. The molecule has 16 heavy (non-hydrogen) atoms. The number of benzene rings is 1. The number of pyridine rings is 1. The van der Waals surface area contributed by atoms with E-state index in [1.165, 1.54) is 0 Å². The number of halogens is 1. The fourth-order valence-corrected chi connectivity index (χ4v) is 1.62. The van der Waals surface area contributed by atoms with Crippen LogP contribution in [0.3, 0.4) is 0 Å². The molecule has 0 saturated heterocycles. The molecule has 0 aliphatic rings. The van der Waals surface area contributed by atoms with Crippen LogP contribution in [0.5, 0.6) is 5.75 Å². The average molecular weight is 278 g/mol. The van der Waals surface area contributed by atoms with Gasteiger partial charge in [-0.1, -0.05) is 27.0 Å². The van der Waals surface area contributed by atoms with E-state index in [9.17, 15) is 5.11 Å². The third-order valence-corrected chi connectivity index (χ3v) is 2.52. The summed E-state index contributed by atoms with van der Waals surface area (Å²) in [6, 6.07) is 10.8. The molecule has 2 rings (SSSR count). The van der Waals surface area contributed by atoms with Crippen LogP contribution in [-0.4, -0.2) is 16.3 Å².